The van der Waals surface area contributed by atoms with Crippen LogP contribution >= 0.6 is 0 Å². The molecule has 0 aliphatic carbocycles. The van der Waals surface area contributed by atoms with Crippen molar-refractivity contribution in [2.75, 3.05) is 6.61 Å². The van der Waals surface area contributed by atoms with Gasteiger partial charge in [-0.3, -0.25) is 9.48 Å². The molecule has 4 heteroatoms. The van der Waals surface area contributed by atoms with Crippen LogP contribution in [0.3, 0.4) is 0 Å². The summed E-state index contributed by atoms with van der Waals surface area (Å²) in [5.41, 5.74) is 1.14. The van der Waals surface area contributed by atoms with Crippen LogP contribution in [0.5, 0.6) is 0 Å². The number of aldehydes is 1. The molecular formula is C9H12N2O2. The third-order valence-electron chi connectivity index (χ3n) is 1.72. The van der Waals surface area contributed by atoms with Crippen molar-refractivity contribution in [2.45, 2.75) is 6.92 Å². The quantitative estimate of drug-likeness (QED) is 0.517. The first-order valence-electron chi connectivity index (χ1n) is 4.00. The molecule has 4 nitrogen and oxygen atoms in total. The minimum atomic E-state index is 0.484. The lowest BCUT2D eigenvalue weighted by Gasteiger charge is -2.04. The smallest absolute Gasteiger partial charge is 0.168 e. The number of carbonyl (C=O) groups is 1. The van der Waals surface area contributed by atoms with Gasteiger partial charge < -0.3 is 4.74 Å². The lowest BCUT2D eigenvalue weighted by atomic mass is 10.2. The predicted molar refractivity (Wildman–Crippen MR) is 49.3 cm³/mol. The number of hydrogen-bond donors (Lipinski definition) is 0. The molecular weight excluding hydrogens is 168 g/mol. The van der Waals surface area contributed by atoms with Crippen LogP contribution in [-0.4, -0.2) is 22.7 Å². The maximum Gasteiger partial charge on any atom is 0.168 e. The van der Waals surface area contributed by atoms with Gasteiger partial charge in [0.2, 0.25) is 0 Å². The van der Waals surface area contributed by atoms with E-state index in [1.54, 1.807) is 13.2 Å². The van der Waals surface area contributed by atoms with Crippen molar-refractivity contribution >= 4 is 12.0 Å². The Morgan fingerprint density at radius 2 is 2.54 bits per heavy atom. The number of ether oxygens (including phenoxy) is 1. The largest absolute Gasteiger partial charge is 0.494 e. The van der Waals surface area contributed by atoms with E-state index >= 15 is 0 Å². The molecule has 0 spiro atoms. The molecule has 0 amide bonds. The van der Waals surface area contributed by atoms with Gasteiger partial charge in [0.15, 0.2) is 6.29 Å². The van der Waals surface area contributed by atoms with Crippen LogP contribution in [0, 0.1) is 0 Å². The zero-order valence-corrected chi connectivity index (χ0v) is 7.78. The lowest BCUT2D eigenvalue weighted by molar-refractivity contribution is 0.111. The Kier molecular flexibility index (Phi) is 2.84. The zero-order valence-electron chi connectivity index (χ0n) is 7.78. The minimum Gasteiger partial charge on any atom is -0.494 e. The topological polar surface area (TPSA) is 44.1 Å². The maximum atomic E-state index is 10.7. The van der Waals surface area contributed by atoms with Gasteiger partial charge in [0, 0.05) is 7.05 Å². The molecule has 0 N–H and O–H groups in total. The van der Waals surface area contributed by atoms with Crippen LogP contribution in [0.2, 0.25) is 0 Å². The van der Waals surface area contributed by atoms with E-state index in [2.05, 4.69) is 11.7 Å². The molecule has 0 aliphatic heterocycles. The summed E-state index contributed by atoms with van der Waals surface area (Å²) in [6, 6.07) is 0. The van der Waals surface area contributed by atoms with Gasteiger partial charge in [-0.1, -0.05) is 6.58 Å². The average Bonchev–Trinajstić information content (AvgIpc) is 2.47. The molecule has 0 aliphatic rings. The van der Waals surface area contributed by atoms with Gasteiger partial charge in [-0.2, -0.15) is 5.10 Å². The highest BCUT2D eigenvalue weighted by Crippen LogP contribution is 2.16. The van der Waals surface area contributed by atoms with Crippen molar-refractivity contribution < 1.29 is 9.53 Å². The Bertz CT molecular complexity index is 328. The molecule has 1 aromatic heterocycles. The molecule has 0 aromatic carbocycles. The van der Waals surface area contributed by atoms with Crippen molar-refractivity contribution in [3.05, 3.63) is 24.0 Å². The Balaban J connectivity index is 3.00. The van der Waals surface area contributed by atoms with Gasteiger partial charge in [-0.05, 0) is 6.92 Å². The van der Waals surface area contributed by atoms with E-state index in [0.717, 1.165) is 6.29 Å². The van der Waals surface area contributed by atoms with E-state index in [1.165, 1.54) is 4.68 Å². The van der Waals surface area contributed by atoms with E-state index in [9.17, 15) is 4.79 Å². The molecule has 0 unspecified atom stereocenters. The third-order valence-corrected chi connectivity index (χ3v) is 1.72. The molecule has 0 bridgehead atoms. The molecule has 1 heterocycles. The first-order chi connectivity index (χ1) is 6.20. The van der Waals surface area contributed by atoms with Gasteiger partial charge in [0.05, 0.1) is 18.4 Å². The van der Waals surface area contributed by atoms with E-state index < -0.39 is 0 Å². The van der Waals surface area contributed by atoms with Gasteiger partial charge in [0.25, 0.3) is 0 Å². The zero-order chi connectivity index (χ0) is 9.84. The number of aryl methyl sites for hydroxylation is 1. The maximum absolute atomic E-state index is 10.7. The van der Waals surface area contributed by atoms with E-state index in [0.29, 0.717) is 23.6 Å². The lowest BCUT2D eigenvalue weighted by Crippen LogP contribution is -1.99. The second-order valence-electron chi connectivity index (χ2n) is 2.54. The molecule has 0 radical (unpaired) electrons. The van der Waals surface area contributed by atoms with Gasteiger partial charge in [-0.15, -0.1) is 0 Å². The molecule has 1 aromatic rings. The van der Waals surface area contributed by atoms with E-state index in [-0.39, 0.29) is 0 Å². The number of carbonyl (C=O) groups excluding carboxylic acids is 1. The molecule has 70 valence electrons. The van der Waals surface area contributed by atoms with Crippen LogP contribution < -0.4 is 0 Å². The first kappa shape index (κ1) is 9.51. The molecule has 0 fully saturated rings. The van der Waals surface area contributed by atoms with Gasteiger partial charge in [-0.25, -0.2) is 0 Å². The first-order valence-corrected chi connectivity index (χ1v) is 4.00. The van der Waals surface area contributed by atoms with Crippen LogP contribution in [0.25, 0.3) is 5.76 Å². The molecule has 0 atom stereocenters. The molecule has 0 saturated heterocycles. The number of nitrogens with zero attached hydrogens (tertiary/aromatic N) is 2. The fourth-order valence-corrected chi connectivity index (χ4v) is 1.05. The summed E-state index contributed by atoms with van der Waals surface area (Å²) in [5.74, 6) is 0.484. The molecule has 0 saturated carbocycles. The fraction of sp³-hybridized carbons (Fsp3) is 0.333. The Morgan fingerprint density at radius 3 is 3.08 bits per heavy atom. The summed E-state index contributed by atoms with van der Waals surface area (Å²) >= 11 is 0. The highest BCUT2D eigenvalue weighted by Gasteiger charge is 2.10. The van der Waals surface area contributed by atoms with Gasteiger partial charge in [0.1, 0.15) is 11.5 Å². The number of aromatic nitrogens is 2. The average molecular weight is 180 g/mol. The van der Waals surface area contributed by atoms with Crippen molar-refractivity contribution in [1.82, 2.24) is 9.78 Å². The Morgan fingerprint density at radius 1 is 1.85 bits per heavy atom. The Hall–Kier alpha value is -1.58. The summed E-state index contributed by atoms with van der Waals surface area (Å²) in [4.78, 5) is 10.7. The standard InChI is InChI=1S/C9H12N2O2/c1-4-13-7(2)8-5-10-11(3)9(8)6-12/h5-6H,2,4H2,1,3H3. The molecule has 1 rings (SSSR count). The van der Waals surface area contributed by atoms with Crippen LogP contribution in [-0.2, 0) is 11.8 Å². The van der Waals surface area contributed by atoms with Crippen LogP contribution in [0.15, 0.2) is 12.8 Å². The monoisotopic (exact) mass is 180 g/mol. The van der Waals surface area contributed by atoms with Crippen molar-refractivity contribution in [3.8, 4) is 0 Å². The van der Waals surface area contributed by atoms with Crippen molar-refractivity contribution in [3.63, 3.8) is 0 Å². The highest BCUT2D eigenvalue weighted by molar-refractivity contribution is 5.81. The summed E-state index contributed by atoms with van der Waals surface area (Å²) < 4.78 is 6.67. The van der Waals surface area contributed by atoms with Gasteiger partial charge >= 0.3 is 0 Å². The summed E-state index contributed by atoms with van der Waals surface area (Å²) in [7, 11) is 1.70. The van der Waals surface area contributed by atoms with Crippen molar-refractivity contribution in [1.29, 1.82) is 0 Å². The number of rotatable bonds is 4. The fourth-order valence-electron chi connectivity index (χ4n) is 1.05. The second-order valence-corrected chi connectivity index (χ2v) is 2.54. The Labute approximate surface area is 76.8 Å². The second kappa shape index (κ2) is 3.89. The van der Waals surface area contributed by atoms with E-state index in [1.807, 2.05) is 6.92 Å². The summed E-state index contributed by atoms with van der Waals surface area (Å²) in [5, 5.41) is 3.94. The van der Waals surface area contributed by atoms with Crippen LogP contribution in [0.4, 0.5) is 0 Å². The summed E-state index contributed by atoms with van der Waals surface area (Å²) in [6.45, 7) is 6.10. The predicted octanol–water partition coefficient (Wildman–Crippen LogP) is 1.24. The normalized spacial score (nSPS) is 9.69. The summed E-state index contributed by atoms with van der Waals surface area (Å²) in [6.07, 6.45) is 2.31. The molecule has 13 heavy (non-hydrogen) atoms. The third kappa shape index (κ3) is 1.77. The van der Waals surface area contributed by atoms with E-state index in [4.69, 9.17) is 4.74 Å². The van der Waals surface area contributed by atoms with Crippen LogP contribution in [0.1, 0.15) is 23.0 Å². The highest BCUT2D eigenvalue weighted by atomic mass is 16.5. The minimum absolute atomic E-state index is 0.484. The van der Waals surface area contributed by atoms with Crippen molar-refractivity contribution in [2.24, 2.45) is 7.05 Å². The number of hydrogen-bond acceptors (Lipinski definition) is 3. The SMILES string of the molecule is C=C(OCC)c1cnn(C)c1C=O.